The molecule has 0 radical (unpaired) electrons. The van der Waals surface area contributed by atoms with E-state index in [0.29, 0.717) is 12.2 Å². The third kappa shape index (κ3) is 6.18. The van der Waals surface area contributed by atoms with E-state index in [0.717, 1.165) is 12.8 Å². The Hall–Kier alpha value is -1.35. The molecule has 122 valence electrons. The number of carbonyl (C=O) groups excluding carboxylic acids is 1. The molecule has 1 aromatic carbocycles. The molecule has 1 aromatic rings. The van der Waals surface area contributed by atoms with E-state index >= 15 is 0 Å². The molecule has 0 atom stereocenters. The number of carbonyl (C=O) groups is 1. The van der Waals surface area contributed by atoms with E-state index in [1.165, 1.54) is 29.7 Å². The molecule has 0 unspecified atom stereocenters. The van der Waals surface area contributed by atoms with Crippen LogP contribution in [0.1, 0.15) is 39.2 Å². The molecule has 1 rings (SSSR count). The Balaban J connectivity index is 2.43. The molecule has 0 aliphatic heterocycles. The Bertz CT molecular complexity index is 464. The predicted molar refractivity (Wildman–Crippen MR) is 96.7 cm³/mol. The number of unbranched alkanes of at least 4 members (excludes halogenated alkanes) is 1. The summed E-state index contributed by atoms with van der Waals surface area (Å²) in [6.07, 6.45) is 2.12. The van der Waals surface area contributed by atoms with Gasteiger partial charge < -0.3 is 4.74 Å². The van der Waals surface area contributed by atoms with Crippen molar-refractivity contribution in [2.45, 2.75) is 57.8 Å². The van der Waals surface area contributed by atoms with E-state index in [1.54, 1.807) is 6.92 Å². The van der Waals surface area contributed by atoms with Crippen molar-refractivity contribution in [3.8, 4) is 0 Å². The lowest BCUT2D eigenvalue weighted by Crippen LogP contribution is -2.35. The molecular weight excluding hydrogens is 288 g/mol. The largest absolute Gasteiger partial charge is 0.462 e. The molecule has 0 aromatic heterocycles. The van der Waals surface area contributed by atoms with Gasteiger partial charge in [0, 0.05) is 5.57 Å². The Morgan fingerprint density at radius 2 is 1.77 bits per heavy atom. The molecule has 2 nitrogen and oxygen atoms in total. The number of rotatable bonds is 10. The number of benzene rings is 1. The number of hydrogen-bond acceptors (Lipinski definition) is 2. The van der Waals surface area contributed by atoms with E-state index in [4.69, 9.17) is 4.74 Å². The molecule has 0 amide bonds. The molecular formula is C19H30O2Si. The van der Waals surface area contributed by atoms with Crippen LogP contribution in [-0.4, -0.2) is 20.7 Å². The Morgan fingerprint density at radius 3 is 2.32 bits per heavy atom. The van der Waals surface area contributed by atoms with Crippen molar-refractivity contribution >= 4 is 14.0 Å². The maximum absolute atomic E-state index is 11.3. The van der Waals surface area contributed by atoms with E-state index in [-0.39, 0.29) is 5.97 Å². The minimum absolute atomic E-state index is 0.265. The molecule has 0 N–H and O–H groups in total. The van der Waals surface area contributed by atoms with Gasteiger partial charge in [-0.2, -0.15) is 0 Å². The highest BCUT2D eigenvalue weighted by Crippen LogP contribution is 2.27. The van der Waals surface area contributed by atoms with Gasteiger partial charge >= 0.3 is 5.97 Å². The van der Waals surface area contributed by atoms with Gasteiger partial charge in [-0.25, -0.2) is 4.79 Å². The van der Waals surface area contributed by atoms with Crippen molar-refractivity contribution in [2.75, 3.05) is 6.61 Å². The number of esters is 1. The van der Waals surface area contributed by atoms with Crippen molar-refractivity contribution in [3.05, 3.63) is 48.0 Å². The van der Waals surface area contributed by atoms with Crippen LogP contribution >= 0.6 is 0 Å². The fourth-order valence-electron chi connectivity index (χ4n) is 2.86. The van der Waals surface area contributed by atoms with E-state index in [9.17, 15) is 4.79 Å². The molecule has 22 heavy (non-hydrogen) atoms. The molecule has 0 spiro atoms. The first-order chi connectivity index (χ1) is 10.5. The van der Waals surface area contributed by atoms with Gasteiger partial charge in [-0.3, -0.25) is 0 Å². The molecule has 0 bridgehead atoms. The maximum Gasteiger partial charge on any atom is 0.333 e. The van der Waals surface area contributed by atoms with Crippen LogP contribution in [0.3, 0.4) is 0 Å². The lowest BCUT2D eigenvalue weighted by atomic mass is 10.2. The molecule has 0 heterocycles. The maximum atomic E-state index is 11.3. The summed E-state index contributed by atoms with van der Waals surface area (Å²) in [5.41, 5.74) is 1.96. The van der Waals surface area contributed by atoms with Gasteiger partial charge in [0.25, 0.3) is 0 Å². The zero-order chi connectivity index (χ0) is 16.4. The summed E-state index contributed by atoms with van der Waals surface area (Å²) in [6, 6.07) is 16.1. The van der Waals surface area contributed by atoms with E-state index < -0.39 is 8.07 Å². The number of ether oxygens (including phenoxy) is 1. The lowest BCUT2D eigenvalue weighted by molar-refractivity contribution is -0.139. The van der Waals surface area contributed by atoms with Crippen LogP contribution in [0.5, 0.6) is 0 Å². The van der Waals surface area contributed by atoms with Crippen molar-refractivity contribution in [1.29, 1.82) is 0 Å². The summed E-state index contributed by atoms with van der Waals surface area (Å²) in [4.78, 5) is 11.3. The molecule has 3 heteroatoms. The van der Waals surface area contributed by atoms with Gasteiger partial charge in [-0.15, -0.1) is 0 Å². The quantitative estimate of drug-likeness (QED) is 0.258. The fourth-order valence-corrected chi connectivity index (χ4v) is 6.85. The first-order valence-electron chi connectivity index (χ1n) is 8.39. The summed E-state index contributed by atoms with van der Waals surface area (Å²) in [5, 5.41) is 0. The fraction of sp³-hybridized carbons (Fsp3) is 0.526. The Morgan fingerprint density at radius 1 is 1.14 bits per heavy atom. The first-order valence-corrected chi connectivity index (χ1v) is 11.2. The minimum atomic E-state index is -1.24. The van der Waals surface area contributed by atoms with Crippen molar-refractivity contribution < 1.29 is 9.53 Å². The van der Waals surface area contributed by atoms with Crippen LogP contribution in [0.15, 0.2) is 42.5 Å². The van der Waals surface area contributed by atoms with Crippen LogP contribution in [0.25, 0.3) is 0 Å². The van der Waals surface area contributed by atoms with Crippen molar-refractivity contribution in [2.24, 2.45) is 0 Å². The molecule has 0 saturated carbocycles. The van der Waals surface area contributed by atoms with Crippen molar-refractivity contribution in [1.82, 2.24) is 0 Å². The standard InChI is InChI=1S/C19H30O2Si/c1-5-22(6-2,16-18-12-8-7-9-13-18)15-11-10-14-21-19(20)17(3)4/h7-9,12-13H,3,5-6,10-11,14-16H2,1-2,4H3. The summed E-state index contributed by atoms with van der Waals surface area (Å²) in [5.74, 6) is -0.265. The van der Waals surface area contributed by atoms with Crippen LogP contribution in [0.4, 0.5) is 0 Å². The summed E-state index contributed by atoms with van der Waals surface area (Å²) >= 11 is 0. The highest BCUT2D eigenvalue weighted by Gasteiger charge is 2.28. The van der Waals surface area contributed by atoms with Gasteiger partial charge in [0.15, 0.2) is 0 Å². The lowest BCUT2D eigenvalue weighted by Gasteiger charge is -2.30. The van der Waals surface area contributed by atoms with Crippen LogP contribution in [0.2, 0.25) is 18.1 Å². The van der Waals surface area contributed by atoms with Gasteiger partial charge in [-0.05, 0) is 19.4 Å². The highest BCUT2D eigenvalue weighted by molar-refractivity contribution is 6.79. The van der Waals surface area contributed by atoms with Gasteiger partial charge in [-0.1, -0.05) is 80.9 Å². The van der Waals surface area contributed by atoms with Gasteiger partial charge in [0.05, 0.1) is 14.7 Å². The van der Waals surface area contributed by atoms with Crippen LogP contribution in [0, 0.1) is 0 Å². The zero-order valence-corrected chi connectivity index (χ0v) is 15.4. The van der Waals surface area contributed by atoms with Crippen LogP contribution in [-0.2, 0) is 15.6 Å². The Kier molecular flexibility index (Phi) is 8.18. The monoisotopic (exact) mass is 318 g/mol. The average molecular weight is 319 g/mol. The SMILES string of the molecule is C=C(C)C(=O)OCCCC[Si](CC)(CC)Cc1ccccc1. The number of hydrogen-bond donors (Lipinski definition) is 0. The summed E-state index contributed by atoms with van der Waals surface area (Å²) < 4.78 is 5.18. The summed E-state index contributed by atoms with van der Waals surface area (Å²) in [6.45, 7) is 10.5. The topological polar surface area (TPSA) is 26.3 Å². The third-order valence-corrected chi connectivity index (χ3v) is 10.2. The average Bonchev–Trinajstić information content (AvgIpc) is 2.54. The van der Waals surface area contributed by atoms with Gasteiger partial charge in [0.1, 0.15) is 0 Å². The molecule has 0 aliphatic rings. The molecule has 0 aliphatic carbocycles. The van der Waals surface area contributed by atoms with Crippen LogP contribution < -0.4 is 0 Å². The zero-order valence-electron chi connectivity index (χ0n) is 14.4. The van der Waals surface area contributed by atoms with E-state index in [2.05, 4.69) is 50.8 Å². The smallest absolute Gasteiger partial charge is 0.333 e. The van der Waals surface area contributed by atoms with Crippen molar-refractivity contribution in [3.63, 3.8) is 0 Å². The third-order valence-electron chi connectivity index (χ3n) is 4.61. The normalized spacial score (nSPS) is 11.2. The van der Waals surface area contributed by atoms with Gasteiger partial charge in [0.2, 0.25) is 0 Å². The van der Waals surface area contributed by atoms with E-state index in [1.807, 2.05) is 0 Å². The molecule has 0 saturated heterocycles. The second-order valence-corrected chi connectivity index (χ2v) is 11.5. The Labute approximate surface area is 136 Å². The second-order valence-electron chi connectivity index (χ2n) is 6.24. The second kappa shape index (κ2) is 9.62. The predicted octanol–water partition coefficient (Wildman–Crippen LogP) is 5.16. The first kappa shape index (κ1) is 18.7. The highest BCUT2D eigenvalue weighted by atomic mass is 28.3. The minimum Gasteiger partial charge on any atom is -0.462 e. The molecule has 0 fully saturated rings. The summed E-state index contributed by atoms with van der Waals surface area (Å²) in [7, 11) is -1.24.